The Labute approximate surface area is 101 Å². The largest absolute Gasteiger partial charge is 0.398 e. The van der Waals surface area contributed by atoms with Crippen molar-refractivity contribution in [2.75, 3.05) is 5.73 Å². The quantitative estimate of drug-likeness (QED) is 0.643. The van der Waals surface area contributed by atoms with E-state index < -0.39 is 0 Å². The number of nitrogen functional groups attached to an aromatic ring is 1. The van der Waals surface area contributed by atoms with Crippen molar-refractivity contribution in [1.29, 1.82) is 0 Å². The molecule has 0 amide bonds. The van der Waals surface area contributed by atoms with Crippen molar-refractivity contribution in [3.05, 3.63) is 65.2 Å². The maximum atomic E-state index is 5.98. The smallest absolute Gasteiger partial charge is 0.0356 e. The van der Waals surface area contributed by atoms with Crippen LogP contribution in [0.2, 0.25) is 0 Å². The van der Waals surface area contributed by atoms with E-state index in [1.807, 2.05) is 36.4 Å². The van der Waals surface area contributed by atoms with E-state index in [0.29, 0.717) is 0 Å². The fourth-order valence-electron chi connectivity index (χ4n) is 1.74. The molecule has 2 aromatic carbocycles. The van der Waals surface area contributed by atoms with E-state index in [-0.39, 0.29) is 0 Å². The summed E-state index contributed by atoms with van der Waals surface area (Å²) in [7, 11) is 0. The van der Waals surface area contributed by atoms with Gasteiger partial charge in [-0.15, -0.1) is 0 Å². The Morgan fingerprint density at radius 2 is 1.75 bits per heavy atom. The maximum Gasteiger partial charge on any atom is 0.0356 e. The molecule has 2 heteroatoms. The molecular weight excluding hydrogens is 214 g/mol. The molecule has 0 fully saturated rings. The van der Waals surface area contributed by atoms with E-state index >= 15 is 0 Å². The van der Waals surface area contributed by atoms with Crippen LogP contribution in [0.1, 0.15) is 16.7 Å². The monoisotopic (exact) mass is 227 g/mol. The molecule has 2 rings (SSSR count). The Morgan fingerprint density at radius 1 is 1.00 bits per heavy atom. The molecule has 2 N–H and O–H groups in total. The number of benzene rings is 2. The van der Waals surface area contributed by atoms with Gasteiger partial charge in [0.15, 0.2) is 0 Å². The fourth-order valence-corrected chi connectivity index (χ4v) is 1.96. The third-order valence-electron chi connectivity index (χ3n) is 2.60. The van der Waals surface area contributed by atoms with Gasteiger partial charge in [0.1, 0.15) is 0 Å². The van der Waals surface area contributed by atoms with Gasteiger partial charge < -0.3 is 5.73 Å². The minimum Gasteiger partial charge on any atom is -0.398 e. The summed E-state index contributed by atoms with van der Waals surface area (Å²) in [5.41, 5.74) is 10.2. The van der Waals surface area contributed by atoms with E-state index in [1.54, 1.807) is 5.37 Å². The zero-order chi connectivity index (χ0) is 11.4. The molecule has 0 saturated carbocycles. The Morgan fingerprint density at radius 3 is 2.44 bits per heavy atom. The topological polar surface area (TPSA) is 26.0 Å². The summed E-state index contributed by atoms with van der Waals surface area (Å²) in [6.07, 6.45) is 0.829. The first-order valence-corrected chi connectivity index (χ1v) is 5.65. The summed E-state index contributed by atoms with van der Waals surface area (Å²) < 4.78 is 0. The molecule has 0 aromatic heterocycles. The lowest BCUT2D eigenvalue weighted by Crippen LogP contribution is -2.00. The van der Waals surface area contributed by atoms with Gasteiger partial charge in [-0.25, -0.2) is 0 Å². The molecule has 0 unspecified atom stereocenters. The summed E-state index contributed by atoms with van der Waals surface area (Å²) in [6, 6.07) is 16.1. The van der Waals surface area contributed by atoms with Crippen LogP contribution in [-0.2, 0) is 6.42 Å². The van der Waals surface area contributed by atoms with Crippen molar-refractivity contribution in [3.8, 4) is 0 Å². The number of thiocarbonyl (C=S) groups is 1. The number of nitrogens with two attached hydrogens (primary N) is 1. The minimum absolute atomic E-state index is 0.808. The van der Waals surface area contributed by atoms with Crippen molar-refractivity contribution in [2.45, 2.75) is 6.42 Å². The standard InChI is InChI=1S/C14H13NS/c15-14-8-4-7-12(10-16)13(14)9-11-5-2-1-3-6-11/h1-8,10H,9,15H2. The normalized spacial score (nSPS) is 10.0. The van der Waals surface area contributed by atoms with Gasteiger partial charge >= 0.3 is 0 Å². The van der Waals surface area contributed by atoms with Crippen molar-refractivity contribution >= 4 is 23.3 Å². The van der Waals surface area contributed by atoms with Crippen LogP contribution >= 0.6 is 12.2 Å². The lowest BCUT2D eigenvalue weighted by atomic mass is 9.99. The summed E-state index contributed by atoms with van der Waals surface area (Å²) in [5, 5.41) is 1.69. The van der Waals surface area contributed by atoms with Crippen molar-refractivity contribution in [2.24, 2.45) is 0 Å². The SMILES string of the molecule is Nc1cccc(C=S)c1Cc1ccccc1. The van der Waals surface area contributed by atoms with Crippen molar-refractivity contribution < 1.29 is 0 Å². The van der Waals surface area contributed by atoms with Gasteiger partial charge in [-0.2, -0.15) is 0 Å². The van der Waals surface area contributed by atoms with Crippen molar-refractivity contribution in [1.82, 2.24) is 0 Å². The molecule has 0 aliphatic rings. The Balaban J connectivity index is 2.38. The van der Waals surface area contributed by atoms with E-state index in [4.69, 9.17) is 18.0 Å². The highest BCUT2D eigenvalue weighted by atomic mass is 32.1. The van der Waals surface area contributed by atoms with Crippen LogP contribution in [0.4, 0.5) is 5.69 Å². The molecule has 2 aromatic rings. The first-order chi connectivity index (χ1) is 7.81. The highest BCUT2D eigenvalue weighted by Gasteiger charge is 2.04. The predicted molar refractivity (Wildman–Crippen MR) is 72.9 cm³/mol. The first-order valence-electron chi connectivity index (χ1n) is 5.17. The molecule has 16 heavy (non-hydrogen) atoms. The lowest BCUT2D eigenvalue weighted by molar-refractivity contribution is 1.19. The van der Waals surface area contributed by atoms with Gasteiger partial charge in [0.25, 0.3) is 0 Å². The zero-order valence-corrected chi connectivity index (χ0v) is 9.71. The Hall–Kier alpha value is -1.67. The van der Waals surface area contributed by atoms with Crippen LogP contribution < -0.4 is 5.73 Å². The average Bonchev–Trinajstić information content (AvgIpc) is 2.33. The van der Waals surface area contributed by atoms with Gasteiger partial charge in [-0.1, -0.05) is 54.7 Å². The fraction of sp³-hybridized carbons (Fsp3) is 0.0714. The summed E-state index contributed by atoms with van der Waals surface area (Å²) in [5.74, 6) is 0. The highest BCUT2D eigenvalue weighted by molar-refractivity contribution is 7.79. The molecular formula is C14H13NS. The van der Waals surface area contributed by atoms with Crippen LogP contribution in [0.5, 0.6) is 0 Å². The number of hydrogen-bond donors (Lipinski definition) is 1. The molecule has 0 saturated heterocycles. The Kier molecular flexibility index (Phi) is 3.32. The second-order valence-corrected chi connectivity index (χ2v) is 3.93. The molecule has 0 radical (unpaired) electrons. The molecule has 0 aliphatic heterocycles. The van der Waals surface area contributed by atoms with Gasteiger partial charge in [-0.05, 0) is 22.8 Å². The van der Waals surface area contributed by atoms with Crippen LogP contribution in [0.3, 0.4) is 0 Å². The molecule has 0 aliphatic carbocycles. The van der Waals surface area contributed by atoms with Crippen LogP contribution in [-0.4, -0.2) is 5.37 Å². The molecule has 0 heterocycles. The summed E-state index contributed by atoms with van der Waals surface area (Å²) >= 11 is 5.00. The molecule has 0 bridgehead atoms. The third-order valence-corrected chi connectivity index (χ3v) is 2.85. The van der Waals surface area contributed by atoms with Crippen LogP contribution in [0.25, 0.3) is 0 Å². The number of anilines is 1. The minimum atomic E-state index is 0.808. The van der Waals surface area contributed by atoms with Gasteiger partial charge in [0.2, 0.25) is 0 Å². The second kappa shape index (κ2) is 4.90. The first kappa shape index (κ1) is 10.8. The van der Waals surface area contributed by atoms with Crippen molar-refractivity contribution in [3.63, 3.8) is 0 Å². The predicted octanol–water partition coefficient (Wildman–Crippen LogP) is 3.21. The van der Waals surface area contributed by atoms with Crippen LogP contribution in [0.15, 0.2) is 48.5 Å². The van der Waals surface area contributed by atoms with E-state index in [2.05, 4.69) is 12.1 Å². The summed E-state index contributed by atoms with van der Waals surface area (Å²) in [6.45, 7) is 0. The molecule has 0 atom stereocenters. The van der Waals surface area contributed by atoms with E-state index in [1.165, 1.54) is 5.56 Å². The van der Waals surface area contributed by atoms with E-state index in [9.17, 15) is 0 Å². The molecule has 1 nitrogen and oxygen atoms in total. The number of hydrogen-bond acceptors (Lipinski definition) is 2. The van der Waals surface area contributed by atoms with Gasteiger partial charge in [0.05, 0.1) is 0 Å². The second-order valence-electron chi connectivity index (χ2n) is 3.70. The van der Waals surface area contributed by atoms with Gasteiger partial charge in [0, 0.05) is 17.5 Å². The van der Waals surface area contributed by atoms with Gasteiger partial charge in [-0.3, -0.25) is 0 Å². The average molecular weight is 227 g/mol. The Bertz CT molecular complexity index is 491. The third kappa shape index (κ3) is 2.28. The molecule has 0 spiro atoms. The zero-order valence-electron chi connectivity index (χ0n) is 8.89. The highest BCUT2D eigenvalue weighted by Crippen LogP contribution is 2.19. The molecule has 80 valence electrons. The summed E-state index contributed by atoms with van der Waals surface area (Å²) in [4.78, 5) is 0. The van der Waals surface area contributed by atoms with Crippen LogP contribution in [0, 0.1) is 0 Å². The lowest BCUT2D eigenvalue weighted by Gasteiger charge is -2.09. The van der Waals surface area contributed by atoms with E-state index in [0.717, 1.165) is 23.2 Å². The maximum absolute atomic E-state index is 5.98. The number of rotatable bonds is 3.